The number of methoxy groups -OCH3 is 1. The second kappa shape index (κ2) is 7.91. The normalized spacial score (nSPS) is 14.8. The molecule has 5 rings (SSSR count). The summed E-state index contributed by atoms with van der Waals surface area (Å²) in [7, 11) is 1.63. The molecular formula is C24H25N5O2. The van der Waals surface area contributed by atoms with Gasteiger partial charge in [0.1, 0.15) is 5.75 Å². The van der Waals surface area contributed by atoms with E-state index < -0.39 is 0 Å². The van der Waals surface area contributed by atoms with Crippen LogP contribution in [-0.4, -0.2) is 51.0 Å². The predicted octanol–water partition coefficient (Wildman–Crippen LogP) is 4.09. The first kappa shape index (κ1) is 19.4. The number of rotatable bonds is 4. The summed E-state index contributed by atoms with van der Waals surface area (Å²) < 4.78 is 6.98. The van der Waals surface area contributed by atoms with E-state index in [1.54, 1.807) is 11.8 Å². The van der Waals surface area contributed by atoms with Gasteiger partial charge >= 0.3 is 0 Å². The van der Waals surface area contributed by atoms with E-state index in [1.807, 2.05) is 42.2 Å². The fourth-order valence-electron chi connectivity index (χ4n) is 4.37. The average molecular weight is 415 g/mol. The number of carbonyl (C=O) groups is 1. The lowest BCUT2D eigenvalue weighted by molar-refractivity contribution is 0.0705. The first-order chi connectivity index (χ1) is 15.1. The van der Waals surface area contributed by atoms with Crippen LogP contribution in [0.4, 0.5) is 0 Å². The van der Waals surface area contributed by atoms with Crippen LogP contribution in [0.2, 0.25) is 0 Å². The number of ether oxygens (including phenoxy) is 1. The van der Waals surface area contributed by atoms with Gasteiger partial charge in [-0.1, -0.05) is 29.5 Å². The Hall–Kier alpha value is -3.61. The zero-order valence-corrected chi connectivity index (χ0v) is 17.7. The summed E-state index contributed by atoms with van der Waals surface area (Å²) in [6, 6.07) is 18.1. The highest BCUT2D eigenvalue weighted by molar-refractivity contribution is 5.93. The summed E-state index contributed by atoms with van der Waals surface area (Å²) in [6.07, 6.45) is 1.86. The Balaban J connectivity index is 1.30. The topological polar surface area (TPSA) is 76.0 Å². The summed E-state index contributed by atoms with van der Waals surface area (Å²) in [5, 5.41) is 9.66. The molecule has 3 heterocycles. The summed E-state index contributed by atoms with van der Waals surface area (Å²) >= 11 is 0. The third-order valence-corrected chi connectivity index (χ3v) is 6.17. The zero-order chi connectivity index (χ0) is 21.4. The summed E-state index contributed by atoms with van der Waals surface area (Å²) in [5.74, 6) is 1.12. The zero-order valence-electron chi connectivity index (χ0n) is 17.7. The van der Waals surface area contributed by atoms with Gasteiger partial charge in [0.25, 0.3) is 5.91 Å². The number of amides is 1. The van der Waals surface area contributed by atoms with E-state index in [0.29, 0.717) is 24.7 Å². The average Bonchev–Trinajstić information content (AvgIpc) is 3.42. The van der Waals surface area contributed by atoms with Crippen LogP contribution in [-0.2, 0) is 0 Å². The second-order valence-electron chi connectivity index (χ2n) is 8.02. The standard InChI is InChI=1S/C24H25N5O2/c1-16-23(26-27-29(16)19-7-5-8-20(15-19)31-2)24(30)28-12-10-17(11-13-28)22-14-18-6-3-4-9-21(18)25-22/h3-9,14-15,17,25H,10-13H2,1-2H3. The number of aromatic amines is 1. The lowest BCUT2D eigenvalue weighted by atomic mass is 9.93. The highest BCUT2D eigenvalue weighted by Crippen LogP contribution is 2.30. The highest BCUT2D eigenvalue weighted by atomic mass is 16.5. The van der Waals surface area contributed by atoms with E-state index in [4.69, 9.17) is 4.74 Å². The van der Waals surface area contributed by atoms with E-state index in [0.717, 1.165) is 30.0 Å². The van der Waals surface area contributed by atoms with E-state index >= 15 is 0 Å². The number of nitrogens with zero attached hydrogens (tertiary/aromatic N) is 4. The third-order valence-electron chi connectivity index (χ3n) is 6.17. The van der Waals surface area contributed by atoms with Gasteiger partial charge in [0, 0.05) is 36.3 Å². The SMILES string of the molecule is COc1cccc(-n2nnc(C(=O)N3CCC(c4cc5ccccc5[nH]4)CC3)c2C)c1. The van der Waals surface area contributed by atoms with Gasteiger partial charge in [0.2, 0.25) is 0 Å². The molecular weight excluding hydrogens is 390 g/mol. The molecule has 2 aromatic carbocycles. The first-order valence-corrected chi connectivity index (χ1v) is 10.6. The number of H-pyrrole nitrogens is 1. The molecule has 0 saturated carbocycles. The maximum atomic E-state index is 13.1. The molecule has 7 heteroatoms. The molecule has 158 valence electrons. The number of aromatic nitrogens is 4. The van der Waals surface area contributed by atoms with Crippen molar-refractivity contribution in [3.05, 3.63) is 71.7 Å². The van der Waals surface area contributed by atoms with Crippen LogP contribution in [0.25, 0.3) is 16.6 Å². The lowest BCUT2D eigenvalue weighted by Crippen LogP contribution is -2.38. The molecule has 0 bridgehead atoms. The van der Waals surface area contributed by atoms with E-state index in [9.17, 15) is 4.79 Å². The third kappa shape index (κ3) is 3.56. The fourth-order valence-corrected chi connectivity index (χ4v) is 4.37. The Morgan fingerprint density at radius 2 is 1.90 bits per heavy atom. The maximum absolute atomic E-state index is 13.1. The molecule has 1 amide bonds. The number of fused-ring (bicyclic) bond motifs is 1. The van der Waals surface area contributed by atoms with Crippen molar-refractivity contribution in [2.75, 3.05) is 20.2 Å². The summed E-state index contributed by atoms with van der Waals surface area (Å²) in [5.41, 5.74) is 4.39. The minimum Gasteiger partial charge on any atom is -0.497 e. The number of hydrogen-bond donors (Lipinski definition) is 1. The van der Waals surface area contributed by atoms with Crippen LogP contribution in [0.5, 0.6) is 5.75 Å². The fraction of sp³-hybridized carbons (Fsp3) is 0.292. The molecule has 0 aliphatic carbocycles. The van der Waals surface area contributed by atoms with Crippen molar-refractivity contribution in [1.82, 2.24) is 24.9 Å². The predicted molar refractivity (Wildman–Crippen MR) is 119 cm³/mol. The lowest BCUT2D eigenvalue weighted by Gasteiger charge is -2.31. The molecule has 1 aliphatic heterocycles. The maximum Gasteiger partial charge on any atom is 0.276 e. The Labute approximate surface area is 180 Å². The van der Waals surface area contributed by atoms with Gasteiger partial charge in [-0.3, -0.25) is 4.79 Å². The minimum absolute atomic E-state index is 0.0539. The Morgan fingerprint density at radius 3 is 2.68 bits per heavy atom. The van der Waals surface area contributed by atoms with Crippen LogP contribution in [0.3, 0.4) is 0 Å². The van der Waals surface area contributed by atoms with E-state index in [1.165, 1.54) is 16.6 Å². The first-order valence-electron chi connectivity index (χ1n) is 10.6. The molecule has 0 atom stereocenters. The monoisotopic (exact) mass is 415 g/mol. The largest absolute Gasteiger partial charge is 0.497 e. The van der Waals surface area contributed by atoms with Gasteiger partial charge in [-0.05, 0) is 49.4 Å². The molecule has 0 spiro atoms. The quantitative estimate of drug-likeness (QED) is 0.545. The molecule has 1 saturated heterocycles. The van der Waals surface area contributed by atoms with Crippen LogP contribution < -0.4 is 4.74 Å². The Bertz CT molecular complexity index is 1200. The molecule has 0 radical (unpaired) electrons. The molecule has 7 nitrogen and oxygen atoms in total. The molecule has 4 aromatic rings. The van der Waals surface area contributed by atoms with Gasteiger partial charge in [-0.2, -0.15) is 0 Å². The summed E-state index contributed by atoms with van der Waals surface area (Å²) in [6.45, 7) is 3.30. The number of likely N-dealkylation sites (tertiary alicyclic amines) is 1. The van der Waals surface area contributed by atoms with Crippen molar-refractivity contribution in [1.29, 1.82) is 0 Å². The number of benzene rings is 2. The van der Waals surface area contributed by atoms with Crippen molar-refractivity contribution in [3.8, 4) is 11.4 Å². The summed E-state index contributed by atoms with van der Waals surface area (Å²) in [4.78, 5) is 18.6. The molecule has 1 aliphatic rings. The van der Waals surface area contributed by atoms with Crippen molar-refractivity contribution in [2.45, 2.75) is 25.7 Å². The van der Waals surface area contributed by atoms with Crippen LogP contribution in [0.15, 0.2) is 54.6 Å². The minimum atomic E-state index is -0.0539. The van der Waals surface area contributed by atoms with Gasteiger partial charge < -0.3 is 14.6 Å². The number of carbonyl (C=O) groups excluding carboxylic acids is 1. The van der Waals surface area contributed by atoms with Crippen molar-refractivity contribution in [3.63, 3.8) is 0 Å². The second-order valence-corrected chi connectivity index (χ2v) is 8.02. The van der Waals surface area contributed by atoms with Gasteiger partial charge in [0.15, 0.2) is 5.69 Å². The van der Waals surface area contributed by atoms with E-state index in [2.05, 4.69) is 39.6 Å². The van der Waals surface area contributed by atoms with Gasteiger partial charge in [-0.15, -0.1) is 5.10 Å². The van der Waals surface area contributed by atoms with Crippen LogP contribution in [0, 0.1) is 6.92 Å². The molecule has 0 unspecified atom stereocenters. The molecule has 1 fully saturated rings. The van der Waals surface area contributed by atoms with Crippen molar-refractivity contribution >= 4 is 16.8 Å². The highest BCUT2D eigenvalue weighted by Gasteiger charge is 2.28. The number of para-hydroxylation sites is 1. The van der Waals surface area contributed by atoms with Crippen LogP contribution in [0.1, 0.15) is 40.6 Å². The number of piperidine rings is 1. The molecule has 2 aromatic heterocycles. The molecule has 31 heavy (non-hydrogen) atoms. The number of hydrogen-bond acceptors (Lipinski definition) is 4. The van der Waals surface area contributed by atoms with Crippen LogP contribution >= 0.6 is 0 Å². The number of nitrogens with one attached hydrogen (secondary N) is 1. The van der Waals surface area contributed by atoms with E-state index in [-0.39, 0.29) is 5.91 Å². The Morgan fingerprint density at radius 1 is 1.10 bits per heavy atom. The van der Waals surface area contributed by atoms with Crippen molar-refractivity contribution in [2.24, 2.45) is 0 Å². The van der Waals surface area contributed by atoms with Gasteiger partial charge in [0.05, 0.1) is 18.5 Å². The Kier molecular flexibility index (Phi) is 4.94. The smallest absolute Gasteiger partial charge is 0.276 e. The van der Waals surface area contributed by atoms with Crippen molar-refractivity contribution < 1.29 is 9.53 Å². The van der Waals surface area contributed by atoms with Gasteiger partial charge in [-0.25, -0.2) is 4.68 Å². The molecule has 1 N–H and O–H groups in total.